The number of carbonyl (C=O) groups excluding carboxylic acids is 1. The summed E-state index contributed by atoms with van der Waals surface area (Å²) in [6.45, 7) is 0.131. The Hall–Kier alpha value is -3.26. The normalized spacial score (nSPS) is 12.7. The van der Waals surface area contributed by atoms with E-state index in [4.69, 9.17) is 13.9 Å². The Morgan fingerprint density at radius 3 is 2.59 bits per heavy atom. The van der Waals surface area contributed by atoms with Gasteiger partial charge in [0, 0.05) is 17.3 Å². The Morgan fingerprint density at radius 1 is 1.00 bits per heavy atom. The van der Waals surface area contributed by atoms with Gasteiger partial charge in [0.15, 0.2) is 27.1 Å². The van der Waals surface area contributed by atoms with Crippen LogP contribution in [0.4, 0.5) is 5.69 Å². The third kappa shape index (κ3) is 3.52. The highest BCUT2D eigenvalue weighted by molar-refractivity contribution is 7.90. The van der Waals surface area contributed by atoms with Crippen molar-refractivity contribution in [2.24, 2.45) is 0 Å². The first-order chi connectivity index (χ1) is 13.0. The van der Waals surface area contributed by atoms with Gasteiger partial charge in [-0.25, -0.2) is 8.42 Å². The first-order valence-electron chi connectivity index (χ1n) is 8.08. The number of benzene rings is 2. The van der Waals surface area contributed by atoms with Crippen LogP contribution in [0.1, 0.15) is 16.1 Å². The van der Waals surface area contributed by atoms with E-state index in [0.717, 1.165) is 0 Å². The van der Waals surface area contributed by atoms with E-state index in [1.807, 2.05) is 0 Å². The first kappa shape index (κ1) is 17.2. The SMILES string of the molecule is O=C(Nc1ccc2c(c1)OCO2)c1occc1CS(=O)(=O)c1ccccc1. The minimum atomic E-state index is -3.60. The highest BCUT2D eigenvalue weighted by Gasteiger charge is 2.23. The number of rotatable bonds is 5. The van der Waals surface area contributed by atoms with Crippen molar-refractivity contribution in [3.8, 4) is 11.5 Å². The second-order valence-electron chi connectivity index (χ2n) is 5.87. The van der Waals surface area contributed by atoms with Crippen molar-refractivity contribution in [2.45, 2.75) is 10.6 Å². The molecule has 2 heterocycles. The van der Waals surface area contributed by atoms with Crippen LogP contribution in [0, 0.1) is 0 Å². The number of hydrogen-bond acceptors (Lipinski definition) is 6. The molecule has 7 nitrogen and oxygen atoms in total. The lowest BCUT2D eigenvalue weighted by atomic mass is 10.2. The summed E-state index contributed by atoms with van der Waals surface area (Å²) in [7, 11) is -3.60. The molecule has 1 amide bonds. The third-order valence-corrected chi connectivity index (χ3v) is 5.71. The van der Waals surface area contributed by atoms with Crippen molar-refractivity contribution in [2.75, 3.05) is 12.1 Å². The minimum absolute atomic E-state index is 0.0489. The fourth-order valence-electron chi connectivity index (χ4n) is 2.73. The fraction of sp³-hybridized carbons (Fsp3) is 0.105. The zero-order valence-corrected chi connectivity index (χ0v) is 14.9. The minimum Gasteiger partial charge on any atom is -0.459 e. The maximum atomic E-state index is 12.6. The third-order valence-electron chi connectivity index (χ3n) is 4.03. The summed E-state index contributed by atoms with van der Waals surface area (Å²) in [6, 6.07) is 14.5. The van der Waals surface area contributed by atoms with Crippen LogP contribution < -0.4 is 14.8 Å². The summed E-state index contributed by atoms with van der Waals surface area (Å²) >= 11 is 0. The number of sulfone groups is 1. The number of nitrogens with one attached hydrogen (secondary N) is 1. The van der Waals surface area contributed by atoms with Crippen LogP contribution in [0.15, 0.2) is 70.2 Å². The van der Waals surface area contributed by atoms with Gasteiger partial charge in [-0.3, -0.25) is 4.79 Å². The second-order valence-corrected chi connectivity index (χ2v) is 7.86. The van der Waals surface area contributed by atoms with Crippen LogP contribution in [0.3, 0.4) is 0 Å². The molecule has 8 heteroatoms. The zero-order chi connectivity index (χ0) is 18.9. The van der Waals surface area contributed by atoms with Gasteiger partial charge in [-0.1, -0.05) is 18.2 Å². The number of anilines is 1. The van der Waals surface area contributed by atoms with Crippen molar-refractivity contribution < 1.29 is 27.1 Å². The quantitative estimate of drug-likeness (QED) is 0.725. The van der Waals surface area contributed by atoms with E-state index < -0.39 is 15.7 Å². The van der Waals surface area contributed by atoms with E-state index in [9.17, 15) is 13.2 Å². The Balaban J connectivity index is 1.54. The van der Waals surface area contributed by atoms with E-state index in [2.05, 4.69) is 5.32 Å². The molecule has 0 saturated heterocycles. The average Bonchev–Trinajstić information content (AvgIpc) is 3.31. The molecule has 1 aliphatic rings. The van der Waals surface area contributed by atoms with Crippen molar-refractivity contribution in [1.29, 1.82) is 0 Å². The molecule has 0 radical (unpaired) electrons. The molecule has 2 aromatic carbocycles. The molecule has 0 unspecified atom stereocenters. The predicted octanol–water partition coefficient (Wildman–Crippen LogP) is 3.23. The van der Waals surface area contributed by atoms with Crippen LogP contribution in [0.2, 0.25) is 0 Å². The van der Waals surface area contributed by atoms with Gasteiger partial charge in [0.2, 0.25) is 6.79 Å². The zero-order valence-electron chi connectivity index (χ0n) is 14.0. The Bertz CT molecular complexity index is 1090. The molecule has 0 aliphatic carbocycles. The topological polar surface area (TPSA) is 94.8 Å². The molecule has 4 rings (SSSR count). The molecular formula is C19H15NO6S. The lowest BCUT2D eigenvalue weighted by Gasteiger charge is -2.07. The molecule has 1 N–H and O–H groups in total. The largest absolute Gasteiger partial charge is 0.459 e. The van der Waals surface area contributed by atoms with Crippen LogP contribution in [-0.2, 0) is 15.6 Å². The van der Waals surface area contributed by atoms with E-state index >= 15 is 0 Å². The molecule has 0 bridgehead atoms. The second kappa shape index (κ2) is 6.81. The summed E-state index contributed by atoms with van der Waals surface area (Å²) < 4.78 is 40.9. The molecule has 3 aromatic rings. The number of fused-ring (bicyclic) bond motifs is 1. The summed E-state index contributed by atoms with van der Waals surface area (Å²) in [4.78, 5) is 12.7. The molecule has 0 spiro atoms. The highest BCUT2D eigenvalue weighted by atomic mass is 32.2. The van der Waals surface area contributed by atoms with Gasteiger partial charge in [0.1, 0.15) is 0 Å². The van der Waals surface area contributed by atoms with E-state index in [-0.39, 0.29) is 28.8 Å². The molecule has 27 heavy (non-hydrogen) atoms. The van der Waals surface area contributed by atoms with E-state index in [1.54, 1.807) is 36.4 Å². The smallest absolute Gasteiger partial charge is 0.291 e. The average molecular weight is 385 g/mol. The van der Waals surface area contributed by atoms with Gasteiger partial charge in [-0.2, -0.15) is 0 Å². The van der Waals surface area contributed by atoms with Crippen molar-refractivity contribution in [3.63, 3.8) is 0 Å². The lowest BCUT2D eigenvalue weighted by Crippen LogP contribution is -2.14. The number of carbonyl (C=O) groups is 1. The number of amides is 1. The molecule has 138 valence electrons. The standard InChI is InChI=1S/C19H15NO6S/c21-19(20-14-6-7-16-17(10-14)26-12-25-16)18-13(8-9-24-18)11-27(22,23)15-4-2-1-3-5-15/h1-10H,11-12H2,(H,20,21). The van der Waals surface area contributed by atoms with Crippen molar-refractivity contribution in [3.05, 3.63) is 72.2 Å². The number of furan rings is 1. The van der Waals surface area contributed by atoms with Gasteiger partial charge in [-0.05, 0) is 30.3 Å². The van der Waals surface area contributed by atoms with Crippen molar-refractivity contribution >= 4 is 21.4 Å². The monoisotopic (exact) mass is 385 g/mol. The van der Waals surface area contributed by atoms with E-state index in [0.29, 0.717) is 17.2 Å². The molecule has 0 saturated carbocycles. The summed E-state index contributed by atoms with van der Waals surface area (Å²) in [5.74, 6) is 0.196. The van der Waals surface area contributed by atoms with Gasteiger partial charge in [-0.15, -0.1) is 0 Å². The Kier molecular flexibility index (Phi) is 4.33. The van der Waals surface area contributed by atoms with E-state index in [1.165, 1.54) is 24.5 Å². The lowest BCUT2D eigenvalue weighted by molar-refractivity contribution is 0.0996. The molecular weight excluding hydrogens is 370 g/mol. The predicted molar refractivity (Wildman–Crippen MR) is 96.6 cm³/mol. The maximum Gasteiger partial charge on any atom is 0.291 e. The summed E-state index contributed by atoms with van der Waals surface area (Å²) in [5, 5.41) is 2.68. The Labute approximate surface area is 155 Å². The summed E-state index contributed by atoms with van der Waals surface area (Å²) in [5.41, 5.74) is 0.773. The van der Waals surface area contributed by atoms with Gasteiger partial charge in [0.25, 0.3) is 5.91 Å². The number of ether oxygens (including phenoxy) is 2. The van der Waals surface area contributed by atoms with Crippen LogP contribution >= 0.6 is 0 Å². The molecule has 0 atom stereocenters. The van der Waals surface area contributed by atoms with Crippen LogP contribution in [-0.4, -0.2) is 21.1 Å². The van der Waals surface area contributed by atoms with Gasteiger partial charge in [0.05, 0.1) is 16.9 Å². The van der Waals surface area contributed by atoms with Crippen LogP contribution in [0.25, 0.3) is 0 Å². The molecule has 0 fully saturated rings. The fourth-order valence-corrected chi connectivity index (χ4v) is 4.10. The first-order valence-corrected chi connectivity index (χ1v) is 9.73. The highest BCUT2D eigenvalue weighted by Crippen LogP contribution is 2.34. The molecule has 1 aliphatic heterocycles. The van der Waals surface area contributed by atoms with Gasteiger partial charge < -0.3 is 19.2 Å². The molecule has 1 aromatic heterocycles. The van der Waals surface area contributed by atoms with Gasteiger partial charge >= 0.3 is 0 Å². The van der Waals surface area contributed by atoms with Crippen molar-refractivity contribution in [1.82, 2.24) is 0 Å². The number of hydrogen-bond donors (Lipinski definition) is 1. The summed E-state index contributed by atoms with van der Waals surface area (Å²) in [6.07, 6.45) is 1.30. The maximum absolute atomic E-state index is 12.6. The van der Waals surface area contributed by atoms with Crippen LogP contribution in [0.5, 0.6) is 11.5 Å². The Morgan fingerprint density at radius 2 is 1.78 bits per heavy atom.